The van der Waals surface area contributed by atoms with E-state index in [4.69, 9.17) is 5.11 Å². The predicted molar refractivity (Wildman–Crippen MR) is 62.5 cm³/mol. The zero-order valence-corrected chi connectivity index (χ0v) is 10.7. The van der Waals surface area contributed by atoms with Crippen molar-refractivity contribution in [3.05, 3.63) is 0 Å². The van der Waals surface area contributed by atoms with Crippen molar-refractivity contribution in [3.63, 3.8) is 0 Å². The molecule has 94 valence electrons. The number of carbonyl (C=O) groups is 2. The minimum atomic E-state index is -0.986. The van der Waals surface area contributed by atoms with Crippen LogP contribution in [0.15, 0.2) is 0 Å². The fourth-order valence-corrected chi connectivity index (χ4v) is 1.65. The zero-order chi connectivity index (χ0) is 12.7. The molecule has 0 rings (SSSR count). The SMILES string of the molecule is CCS(=O)CCNC(=O)C(C)C(C)C(=O)O. The van der Waals surface area contributed by atoms with E-state index in [1.165, 1.54) is 6.92 Å². The van der Waals surface area contributed by atoms with E-state index in [0.717, 1.165) is 0 Å². The highest BCUT2D eigenvalue weighted by molar-refractivity contribution is 7.84. The average Bonchev–Trinajstić information content (AvgIpc) is 2.26. The van der Waals surface area contributed by atoms with Gasteiger partial charge in [0, 0.05) is 34.8 Å². The highest BCUT2D eigenvalue weighted by atomic mass is 32.2. The van der Waals surface area contributed by atoms with Gasteiger partial charge in [-0.25, -0.2) is 0 Å². The van der Waals surface area contributed by atoms with Crippen LogP contribution in [0.25, 0.3) is 0 Å². The number of hydrogen-bond donors (Lipinski definition) is 2. The largest absolute Gasteiger partial charge is 0.481 e. The van der Waals surface area contributed by atoms with Crippen LogP contribution in [0.4, 0.5) is 0 Å². The van der Waals surface area contributed by atoms with Crippen LogP contribution in [-0.2, 0) is 20.4 Å². The number of carboxylic acids is 1. The van der Waals surface area contributed by atoms with Crippen molar-refractivity contribution in [3.8, 4) is 0 Å². The number of nitrogens with one attached hydrogen (secondary N) is 1. The molecule has 0 bridgehead atoms. The topological polar surface area (TPSA) is 83.5 Å². The number of rotatable bonds is 7. The van der Waals surface area contributed by atoms with Crippen LogP contribution in [0.1, 0.15) is 20.8 Å². The van der Waals surface area contributed by atoms with Crippen molar-refractivity contribution in [2.24, 2.45) is 11.8 Å². The molecule has 0 aromatic heterocycles. The first kappa shape index (κ1) is 15.1. The van der Waals surface area contributed by atoms with E-state index in [1.807, 2.05) is 6.92 Å². The Morgan fingerprint density at radius 2 is 1.88 bits per heavy atom. The van der Waals surface area contributed by atoms with Gasteiger partial charge < -0.3 is 10.4 Å². The smallest absolute Gasteiger partial charge is 0.307 e. The van der Waals surface area contributed by atoms with Crippen molar-refractivity contribution in [2.45, 2.75) is 20.8 Å². The number of hydrogen-bond acceptors (Lipinski definition) is 3. The molecule has 0 spiro atoms. The van der Waals surface area contributed by atoms with E-state index in [2.05, 4.69) is 5.32 Å². The maximum atomic E-state index is 11.5. The van der Waals surface area contributed by atoms with Gasteiger partial charge in [0.05, 0.1) is 5.92 Å². The molecule has 0 fully saturated rings. The monoisotopic (exact) mass is 249 g/mol. The van der Waals surface area contributed by atoms with Crippen LogP contribution in [0.2, 0.25) is 0 Å². The van der Waals surface area contributed by atoms with Gasteiger partial charge in [0.15, 0.2) is 0 Å². The molecule has 0 aliphatic heterocycles. The molecule has 0 aliphatic carbocycles. The maximum absolute atomic E-state index is 11.5. The summed E-state index contributed by atoms with van der Waals surface area (Å²) in [5.41, 5.74) is 0. The fraction of sp³-hybridized carbons (Fsp3) is 0.800. The van der Waals surface area contributed by atoms with E-state index in [1.54, 1.807) is 6.92 Å². The highest BCUT2D eigenvalue weighted by Crippen LogP contribution is 2.10. The Kier molecular flexibility index (Phi) is 6.96. The van der Waals surface area contributed by atoms with Gasteiger partial charge in [-0.3, -0.25) is 13.8 Å². The average molecular weight is 249 g/mol. The van der Waals surface area contributed by atoms with Gasteiger partial charge in [-0.2, -0.15) is 0 Å². The molecule has 0 heterocycles. The van der Waals surface area contributed by atoms with Crippen molar-refractivity contribution in [2.75, 3.05) is 18.1 Å². The van der Waals surface area contributed by atoms with E-state index in [0.29, 0.717) is 18.1 Å². The summed E-state index contributed by atoms with van der Waals surface area (Å²) in [7, 11) is -0.907. The lowest BCUT2D eigenvalue weighted by Crippen LogP contribution is -2.37. The second-order valence-electron chi connectivity index (χ2n) is 3.64. The Morgan fingerprint density at radius 3 is 2.31 bits per heavy atom. The lowest BCUT2D eigenvalue weighted by atomic mass is 9.95. The first-order valence-corrected chi connectivity index (χ1v) is 6.74. The van der Waals surface area contributed by atoms with Gasteiger partial charge in [-0.05, 0) is 0 Å². The first-order chi connectivity index (χ1) is 7.40. The van der Waals surface area contributed by atoms with Gasteiger partial charge in [-0.15, -0.1) is 0 Å². The van der Waals surface area contributed by atoms with Crippen LogP contribution < -0.4 is 5.32 Å². The lowest BCUT2D eigenvalue weighted by Gasteiger charge is -2.15. The Bertz CT molecular complexity index is 280. The summed E-state index contributed by atoms with van der Waals surface area (Å²) < 4.78 is 11.1. The van der Waals surface area contributed by atoms with E-state index >= 15 is 0 Å². The first-order valence-electron chi connectivity index (χ1n) is 5.25. The van der Waals surface area contributed by atoms with Crippen LogP contribution in [-0.4, -0.2) is 39.2 Å². The Hall–Kier alpha value is -0.910. The summed E-state index contributed by atoms with van der Waals surface area (Å²) in [5, 5.41) is 11.3. The van der Waals surface area contributed by atoms with Gasteiger partial charge in [0.25, 0.3) is 0 Å². The molecule has 0 aromatic carbocycles. The fourth-order valence-electron chi connectivity index (χ4n) is 1.03. The van der Waals surface area contributed by atoms with Crippen molar-refractivity contribution < 1.29 is 18.9 Å². The molecule has 0 saturated heterocycles. The molecule has 0 aromatic rings. The molecule has 2 N–H and O–H groups in total. The standard InChI is InChI=1S/C10H19NO4S/c1-4-16(15)6-5-11-9(12)7(2)8(3)10(13)14/h7-8H,4-6H2,1-3H3,(H,11,12)(H,13,14). The summed E-state index contributed by atoms with van der Waals surface area (Å²) >= 11 is 0. The second-order valence-corrected chi connectivity index (χ2v) is 5.50. The number of carboxylic acid groups (broad SMARTS) is 1. The molecule has 3 unspecified atom stereocenters. The van der Waals surface area contributed by atoms with Crippen LogP contribution in [0.5, 0.6) is 0 Å². The minimum Gasteiger partial charge on any atom is -0.481 e. The molecule has 16 heavy (non-hydrogen) atoms. The molecular weight excluding hydrogens is 230 g/mol. The van der Waals surface area contributed by atoms with Crippen LogP contribution in [0.3, 0.4) is 0 Å². The summed E-state index contributed by atoms with van der Waals surface area (Å²) in [6.07, 6.45) is 0. The third-order valence-corrected chi connectivity index (χ3v) is 3.81. The Morgan fingerprint density at radius 1 is 1.31 bits per heavy atom. The lowest BCUT2D eigenvalue weighted by molar-refractivity contribution is -0.146. The summed E-state index contributed by atoms with van der Waals surface area (Å²) in [6.45, 7) is 5.21. The second kappa shape index (κ2) is 7.38. The Labute approximate surface area is 98.1 Å². The predicted octanol–water partition coefficient (Wildman–Crippen LogP) is 0.228. The molecule has 0 saturated carbocycles. The van der Waals surface area contributed by atoms with Gasteiger partial charge >= 0.3 is 5.97 Å². The van der Waals surface area contributed by atoms with E-state index < -0.39 is 28.6 Å². The molecule has 3 atom stereocenters. The number of amides is 1. The van der Waals surface area contributed by atoms with E-state index in [-0.39, 0.29) is 5.91 Å². The number of carbonyl (C=O) groups excluding carboxylic acids is 1. The molecule has 6 heteroatoms. The van der Waals surface area contributed by atoms with Gasteiger partial charge in [-0.1, -0.05) is 20.8 Å². The van der Waals surface area contributed by atoms with Crippen LogP contribution >= 0.6 is 0 Å². The van der Waals surface area contributed by atoms with Crippen LogP contribution in [0, 0.1) is 11.8 Å². The summed E-state index contributed by atoms with van der Waals surface area (Å²) in [6, 6.07) is 0. The summed E-state index contributed by atoms with van der Waals surface area (Å²) in [5.74, 6) is -1.60. The molecule has 0 radical (unpaired) electrons. The molecule has 1 amide bonds. The third-order valence-electron chi connectivity index (χ3n) is 2.50. The van der Waals surface area contributed by atoms with Crippen molar-refractivity contribution >= 4 is 22.7 Å². The summed E-state index contributed by atoms with van der Waals surface area (Å²) in [4.78, 5) is 22.1. The molecule has 0 aliphatic rings. The van der Waals surface area contributed by atoms with Gasteiger partial charge in [0.1, 0.15) is 0 Å². The third kappa shape index (κ3) is 5.25. The maximum Gasteiger partial charge on any atom is 0.307 e. The Balaban J connectivity index is 3.97. The molecule has 5 nitrogen and oxygen atoms in total. The normalized spacial score (nSPS) is 16.2. The quantitative estimate of drug-likeness (QED) is 0.676. The van der Waals surface area contributed by atoms with E-state index in [9.17, 15) is 13.8 Å². The minimum absolute atomic E-state index is 0.303. The van der Waals surface area contributed by atoms with Crippen molar-refractivity contribution in [1.29, 1.82) is 0 Å². The highest BCUT2D eigenvalue weighted by Gasteiger charge is 2.25. The van der Waals surface area contributed by atoms with Crippen molar-refractivity contribution in [1.82, 2.24) is 5.32 Å². The zero-order valence-electron chi connectivity index (χ0n) is 9.86. The molecular formula is C10H19NO4S. The van der Waals surface area contributed by atoms with Gasteiger partial charge in [0.2, 0.25) is 5.91 Å². The number of aliphatic carboxylic acids is 1.